The van der Waals surface area contributed by atoms with Crippen LogP contribution in [0.4, 0.5) is 18.9 Å². The number of amides is 4. The minimum atomic E-state index is -4.63. The van der Waals surface area contributed by atoms with E-state index in [1.54, 1.807) is 60.7 Å². The van der Waals surface area contributed by atoms with Gasteiger partial charge in [0, 0.05) is 37.8 Å². The lowest BCUT2D eigenvalue weighted by Crippen LogP contribution is -2.57. The molecule has 2 aliphatic heterocycles. The van der Waals surface area contributed by atoms with Crippen LogP contribution in [-0.2, 0) is 60.6 Å². The van der Waals surface area contributed by atoms with Crippen LogP contribution in [0.15, 0.2) is 121 Å². The summed E-state index contributed by atoms with van der Waals surface area (Å²) < 4.78 is 40.4. The zero-order valence-electron chi connectivity index (χ0n) is 32.3. The van der Waals surface area contributed by atoms with Crippen molar-refractivity contribution in [3.8, 4) is 0 Å². The minimum Gasteiger partial charge on any atom is -0.481 e. The van der Waals surface area contributed by atoms with E-state index in [1.165, 1.54) is 12.1 Å². The number of anilines is 1. The van der Waals surface area contributed by atoms with Crippen molar-refractivity contribution in [1.82, 2.24) is 16.0 Å². The smallest absolute Gasteiger partial charge is 0.416 e. The van der Waals surface area contributed by atoms with Crippen molar-refractivity contribution >= 4 is 51.8 Å². The van der Waals surface area contributed by atoms with Crippen LogP contribution in [0.25, 0.3) is 10.8 Å². The van der Waals surface area contributed by atoms with E-state index >= 15 is 0 Å². The number of aliphatic carboxylic acids is 1. The van der Waals surface area contributed by atoms with E-state index in [2.05, 4.69) is 21.3 Å². The van der Waals surface area contributed by atoms with Crippen molar-refractivity contribution in [2.75, 3.05) is 5.32 Å². The zero-order valence-corrected chi connectivity index (χ0v) is 32.3. The van der Waals surface area contributed by atoms with E-state index in [-0.39, 0.29) is 44.1 Å². The Balaban J connectivity index is 1.37. The first-order valence-electron chi connectivity index (χ1n) is 19.4. The minimum absolute atomic E-state index is 0.0340. The number of fused-ring (bicyclic) bond motifs is 19. The molecule has 310 valence electrons. The molecule has 5 aromatic rings. The standard InChI is InChI=1S/C46H43F3N4O7/c47-46(48,49)35-16-11-30(12-17-35)25-39-44(58)52-37(24-28-6-2-1-3-7-28)40(54)27-34(45(59)60)22-29-13-18-36(19-14-29)50-41(55)20-21-42(56)51-38(43(57)53-39)26-31-10-15-32-8-4-5-9-33(32)23-31/h1-19,23,34,37-39H,20-22,24-27H2,(H,50,55)(H,51,56)(H,52,58)(H,53,57)(H,59,60)/t34-,37-,38-,39+/m1/s1. The van der Waals surface area contributed by atoms with E-state index < -0.39 is 77.6 Å². The number of rotatable bonds is 7. The average Bonchev–Trinajstić information content (AvgIpc) is 3.22. The number of carboxylic acid groups (broad SMARTS) is 1. The molecule has 5 N–H and O–H groups in total. The van der Waals surface area contributed by atoms with Crippen LogP contribution in [0, 0.1) is 5.92 Å². The largest absolute Gasteiger partial charge is 0.481 e. The maximum atomic E-state index is 14.4. The molecule has 0 aromatic heterocycles. The summed E-state index contributed by atoms with van der Waals surface area (Å²) in [4.78, 5) is 81.5. The van der Waals surface area contributed by atoms with Gasteiger partial charge in [0.1, 0.15) is 12.1 Å². The van der Waals surface area contributed by atoms with Gasteiger partial charge in [-0.2, -0.15) is 13.2 Å². The quantitative estimate of drug-likeness (QED) is 0.126. The van der Waals surface area contributed by atoms with Gasteiger partial charge in [-0.15, -0.1) is 0 Å². The lowest BCUT2D eigenvalue weighted by Gasteiger charge is -2.26. The second-order valence-electron chi connectivity index (χ2n) is 14.9. The summed E-state index contributed by atoms with van der Waals surface area (Å²) in [6.07, 6.45) is -6.08. The monoisotopic (exact) mass is 820 g/mol. The maximum absolute atomic E-state index is 14.4. The van der Waals surface area contributed by atoms with Crippen LogP contribution in [-0.4, -0.2) is 58.6 Å². The summed E-state index contributed by atoms with van der Waals surface area (Å²) >= 11 is 0. The highest BCUT2D eigenvalue weighted by Gasteiger charge is 2.34. The maximum Gasteiger partial charge on any atom is 0.416 e. The first-order valence-corrected chi connectivity index (χ1v) is 19.4. The average molecular weight is 821 g/mol. The van der Waals surface area contributed by atoms with Crippen LogP contribution in [0.5, 0.6) is 0 Å². The highest BCUT2D eigenvalue weighted by Crippen LogP contribution is 2.29. The van der Waals surface area contributed by atoms with Crippen molar-refractivity contribution in [3.63, 3.8) is 0 Å². The highest BCUT2D eigenvalue weighted by molar-refractivity contribution is 5.97. The predicted octanol–water partition coefficient (Wildman–Crippen LogP) is 5.98. The first-order chi connectivity index (χ1) is 28.7. The van der Waals surface area contributed by atoms with Crippen molar-refractivity contribution in [3.05, 3.63) is 149 Å². The van der Waals surface area contributed by atoms with Gasteiger partial charge in [0.15, 0.2) is 5.78 Å². The van der Waals surface area contributed by atoms with Gasteiger partial charge in [-0.25, -0.2) is 0 Å². The van der Waals surface area contributed by atoms with Gasteiger partial charge in [-0.05, 0) is 70.1 Å². The molecule has 0 fully saturated rings. The number of alkyl halides is 3. The molecule has 0 saturated heterocycles. The van der Waals surface area contributed by atoms with E-state index in [1.807, 2.05) is 36.4 Å². The van der Waals surface area contributed by atoms with Crippen LogP contribution < -0.4 is 21.3 Å². The molecular formula is C46H43F3N4O7. The fourth-order valence-electron chi connectivity index (χ4n) is 7.08. The Labute approximate surface area is 343 Å². The van der Waals surface area contributed by atoms with Crippen molar-refractivity contribution < 1.29 is 47.0 Å². The number of halogens is 3. The molecule has 60 heavy (non-hydrogen) atoms. The van der Waals surface area contributed by atoms with Gasteiger partial charge in [0.25, 0.3) is 0 Å². The predicted molar refractivity (Wildman–Crippen MR) is 217 cm³/mol. The second-order valence-corrected chi connectivity index (χ2v) is 14.9. The number of hydrogen-bond donors (Lipinski definition) is 5. The molecular weight excluding hydrogens is 778 g/mol. The molecule has 14 heteroatoms. The van der Waals surface area contributed by atoms with Crippen LogP contribution in [0.3, 0.4) is 0 Å². The van der Waals surface area contributed by atoms with Crippen molar-refractivity contribution in [1.29, 1.82) is 0 Å². The van der Waals surface area contributed by atoms with Gasteiger partial charge in [0.2, 0.25) is 23.6 Å². The van der Waals surface area contributed by atoms with Gasteiger partial charge in [-0.1, -0.05) is 97.1 Å². The van der Waals surface area contributed by atoms with Crippen LogP contribution >= 0.6 is 0 Å². The molecule has 11 nitrogen and oxygen atoms in total. The number of carboxylic acids is 1. The Morgan fingerprint density at radius 2 is 1.13 bits per heavy atom. The van der Waals surface area contributed by atoms with Gasteiger partial charge in [0.05, 0.1) is 17.5 Å². The topological polar surface area (TPSA) is 171 Å². The summed E-state index contributed by atoms with van der Waals surface area (Å²) in [5.74, 6) is -5.84. The third-order valence-electron chi connectivity index (χ3n) is 10.3. The first kappa shape index (κ1) is 42.8. The number of benzene rings is 5. The Bertz CT molecular complexity index is 2350. The number of ketones is 1. The summed E-state index contributed by atoms with van der Waals surface area (Å²) in [7, 11) is 0. The summed E-state index contributed by atoms with van der Waals surface area (Å²) in [5.41, 5.74) is 1.60. The fraction of sp³-hybridized carbons (Fsp3) is 0.261. The van der Waals surface area contributed by atoms with E-state index in [4.69, 9.17) is 0 Å². The summed E-state index contributed by atoms with van der Waals surface area (Å²) in [5, 5.41) is 22.8. The number of carbonyl (C=O) groups excluding carboxylic acids is 5. The second kappa shape index (κ2) is 19.3. The molecule has 7 rings (SSSR count). The third-order valence-corrected chi connectivity index (χ3v) is 10.3. The normalized spacial score (nSPS) is 20.0. The molecule has 5 aromatic carbocycles. The molecule has 2 bridgehead atoms. The molecule has 2 heterocycles. The molecule has 0 unspecified atom stereocenters. The molecule has 0 saturated carbocycles. The van der Waals surface area contributed by atoms with Crippen LogP contribution in [0.1, 0.15) is 47.1 Å². The lowest BCUT2D eigenvalue weighted by atomic mass is 9.90. The van der Waals surface area contributed by atoms with Crippen LogP contribution in [0.2, 0.25) is 0 Å². The molecule has 0 spiro atoms. The molecule has 0 radical (unpaired) electrons. The number of hydrogen-bond acceptors (Lipinski definition) is 6. The number of Topliss-reactive ketones (excluding diaryl/α,β-unsaturated/α-hetero) is 1. The summed E-state index contributed by atoms with van der Waals surface area (Å²) in [6, 6.07) is 28.1. The Hall–Kier alpha value is -6.83. The third kappa shape index (κ3) is 11.9. The van der Waals surface area contributed by atoms with E-state index in [0.717, 1.165) is 22.9 Å². The Kier molecular flexibility index (Phi) is 13.7. The Morgan fingerprint density at radius 1 is 0.583 bits per heavy atom. The fourth-order valence-corrected chi connectivity index (χ4v) is 7.08. The number of nitrogens with one attached hydrogen (secondary N) is 4. The summed E-state index contributed by atoms with van der Waals surface area (Å²) in [6.45, 7) is 0. The number of carbonyl (C=O) groups is 6. The van der Waals surface area contributed by atoms with E-state index in [9.17, 15) is 47.0 Å². The van der Waals surface area contributed by atoms with E-state index in [0.29, 0.717) is 22.4 Å². The highest BCUT2D eigenvalue weighted by atomic mass is 19.4. The molecule has 4 atom stereocenters. The van der Waals surface area contributed by atoms with Crippen molar-refractivity contribution in [2.24, 2.45) is 5.92 Å². The SMILES string of the molecule is O=C1CCC(=O)N[C@H](Cc2ccc3ccccc3c2)C(=O)N[C@@H](Cc2ccc(C(F)(F)F)cc2)C(=O)N[C@H](Cc2ccccc2)C(=O)C[C@H](C(=O)O)Cc2ccc(cc2)N1. The van der Waals surface area contributed by atoms with Crippen molar-refractivity contribution in [2.45, 2.75) is 69.2 Å². The van der Waals surface area contributed by atoms with Gasteiger partial charge < -0.3 is 26.4 Å². The zero-order chi connectivity index (χ0) is 42.8. The molecule has 0 aliphatic carbocycles. The Morgan fingerprint density at radius 3 is 1.80 bits per heavy atom. The molecule has 2 aliphatic rings. The van der Waals surface area contributed by atoms with Gasteiger partial charge >= 0.3 is 12.1 Å². The molecule has 4 amide bonds. The van der Waals surface area contributed by atoms with Gasteiger partial charge in [-0.3, -0.25) is 28.8 Å². The lowest BCUT2D eigenvalue weighted by molar-refractivity contribution is -0.144.